The first kappa shape index (κ1) is 12.5. The van der Waals surface area contributed by atoms with E-state index >= 15 is 0 Å². The number of nitrogens with one attached hydrogen (secondary N) is 1. The van der Waals surface area contributed by atoms with Crippen molar-refractivity contribution in [3.63, 3.8) is 0 Å². The summed E-state index contributed by atoms with van der Waals surface area (Å²) in [4.78, 5) is 3.64. The van der Waals surface area contributed by atoms with Crippen LogP contribution in [0.5, 0.6) is 0 Å². The van der Waals surface area contributed by atoms with Crippen LogP contribution >= 0.6 is 11.6 Å². The first-order chi connectivity index (χ1) is 8.30. The third-order valence-electron chi connectivity index (χ3n) is 2.23. The normalized spacial score (nSPS) is 11.8. The zero-order valence-electron chi connectivity index (χ0n) is 8.72. The first-order valence-corrected chi connectivity index (χ1v) is 5.01. The smallest absolute Gasteiger partial charge is 0.383 e. The molecule has 0 aliphatic carbocycles. The van der Waals surface area contributed by atoms with Crippen molar-refractivity contribution in [2.75, 3.05) is 11.5 Å². The van der Waals surface area contributed by atoms with Gasteiger partial charge in [-0.1, -0.05) is 11.6 Å². The number of H-pyrrole nitrogens is 1. The summed E-state index contributed by atoms with van der Waals surface area (Å²) in [5, 5.41) is 5.80. The molecule has 0 saturated heterocycles. The zero-order valence-corrected chi connectivity index (χ0v) is 9.47. The van der Waals surface area contributed by atoms with Gasteiger partial charge in [0, 0.05) is 6.20 Å². The van der Waals surface area contributed by atoms with E-state index in [0.29, 0.717) is 6.20 Å². The Morgan fingerprint density at radius 2 is 1.94 bits per heavy atom. The number of halogens is 4. The number of hydrogen-bond donors (Lipinski definition) is 3. The van der Waals surface area contributed by atoms with Gasteiger partial charge >= 0.3 is 6.18 Å². The molecule has 18 heavy (non-hydrogen) atoms. The molecular formula is C9H7ClF3N5. The number of nitrogens with two attached hydrogens (primary N) is 2. The maximum atomic E-state index is 12.4. The molecule has 5 nitrogen and oxygen atoms in total. The molecule has 2 heterocycles. The Hall–Kier alpha value is -1.96. The second-order valence-corrected chi connectivity index (χ2v) is 3.86. The van der Waals surface area contributed by atoms with E-state index < -0.39 is 11.7 Å². The Kier molecular flexibility index (Phi) is 2.81. The molecule has 0 bridgehead atoms. The van der Waals surface area contributed by atoms with Crippen molar-refractivity contribution < 1.29 is 13.2 Å². The third kappa shape index (κ3) is 2.06. The second kappa shape index (κ2) is 4.05. The van der Waals surface area contributed by atoms with Gasteiger partial charge in [-0.3, -0.25) is 10.1 Å². The fraction of sp³-hybridized carbons (Fsp3) is 0.111. The van der Waals surface area contributed by atoms with E-state index in [2.05, 4.69) is 15.2 Å². The van der Waals surface area contributed by atoms with Crippen molar-refractivity contribution in [2.24, 2.45) is 0 Å². The van der Waals surface area contributed by atoms with Crippen LogP contribution < -0.4 is 11.5 Å². The standard InChI is InChI=1S/C9H7ClF3N5/c10-4-1-3(9(11,12)13)2-16-6(4)5-7(14)17-18-8(5)15/h1-2H,(H5,14,15,17,18). The molecule has 0 amide bonds. The molecule has 0 aliphatic heterocycles. The van der Waals surface area contributed by atoms with E-state index in [0.717, 1.165) is 6.07 Å². The predicted molar refractivity (Wildman–Crippen MR) is 60.7 cm³/mol. The minimum absolute atomic E-state index is 0.0154. The average molecular weight is 278 g/mol. The van der Waals surface area contributed by atoms with Gasteiger partial charge in [0.15, 0.2) is 5.82 Å². The predicted octanol–water partition coefficient (Wildman–Crippen LogP) is 2.31. The molecule has 5 N–H and O–H groups in total. The van der Waals surface area contributed by atoms with Gasteiger partial charge < -0.3 is 11.5 Å². The number of hydrogen-bond acceptors (Lipinski definition) is 4. The van der Waals surface area contributed by atoms with E-state index in [1.165, 1.54) is 0 Å². The lowest BCUT2D eigenvalue weighted by molar-refractivity contribution is -0.137. The maximum Gasteiger partial charge on any atom is 0.417 e. The number of pyridine rings is 1. The van der Waals surface area contributed by atoms with Gasteiger partial charge in [0.1, 0.15) is 5.82 Å². The number of anilines is 2. The van der Waals surface area contributed by atoms with Gasteiger partial charge in [-0.05, 0) is 6.07 Å². The summed E-state index contributed by atoms with van der Waals surface area (Å²) >= 11 is 5.76. The Balaban J connectivity index is 2.55. The second-order valence-electron chi connectivity index (χ2n) is 3.45. The Labute approximate surface area is 104 Å². The molecule has 0 aromatic carbocycles. The number of nitrogens with zero attached hydrogens (tertiary/aromatic N) is 2. The molecule has 2 aromatic rings. The van der Waals surface area contributed by atoms with Gasteiger partial charge in [-0.25, -0.2) is 0 Å². The number of nitrogen functional groups attached to an aromatic ring is 2. The zero-order chi connectivity index (χ0) is 13.5. The number of rotatable bonds is 1. The van der Waals surface area contributed by atoms with Gasteiger partial charge in [-0.2, -0.15) is 18.3 Å². The van der Waals surface area contributed by atoms with Crippen molar-refractivity contribution in [1.82, 2.24) is 15.2 Å². The van der Waals surface area contributed by atoms with Crippen molar-refractivity contribution in [3.05, 3.63) is 22.8 Å². The summed E-state index contributed by atoms with van der Waals surface area (Å²) in [6.07, 6.45) is -3.85. The monoisotopic (exact) mass is 277 g/mol. The number of aromatic amines is 1. The lowest BCUT2D eigenvalue weighted by Gasteiger charge is -2.08. The van der Waals surface area contributed by atoms with Crippen LogP contribution in [0.15, 0.2) is 12.3 Å². The van der Waals surface area contributed by atoms with Gasteiger partial charge in [0.25, 0.3) is 0 Å². The molecule has 9 heteroatoms. The van der Waals surface area contributed by atoms with Crippen LogP contribution in [0, 0.1) is 0 Å². The number of alkyl halides is 3. The summed E-state index contributed by atoms with van der Waals surface area (Å²) in [5.41, 5.74) is 10.4. The average Bonchev–Trinajstić information content (AvgIpc) is 2.58. The van der Waals surface area contributed by atoms with E-state index in [9.17, 15) is 13.2 Å². The van der Waals surface area contributed by atoms with E-state index in [4.69, 9.17) is 23.1 Å². The van der Waals surface area contributed by atoms with Crippen molar-refractivity contribution >= 4 is 23.2 Å². The lowest BCUT2D eigenvalue weighted by atomic mass is 10.1. The van der Waals surface area contributed by atoms with Crippen molar-refractivity contribution in [3.8, 4) is 11.3 Å². The highest BCUT2D eigenvalue weighted by atomic mass is 35.5. The van der Waals surface area contributed by atoms with E-state index in [1.807, 2.05) is 0 Å². The molecule has 0 saturated carbocycles. The van der Waals surface area contributed by atoms with Crippen molar-refractivity contribution in [1.29, 1.82) is 0 Å². The quantitative estimate of drug-likeness (QED) is 0.745. The minimum atomic E-state index is -4.51. The van der Waals surface area contributed by atoms with Crippen LogP contribution in [-0.2, 0) is 6.18 Å². The highest BCUT2D eigenvalue weighted by molar-refractivity contribution is 6.33. The molecule has 0 atom stereocenters. The Bertz CT molecular complexity index is 573. The topological polar surface area (TPSA) is 93.6 Å². The number of aromatic nitrogens is 3. The maximum absolute atomic E-state index is 12.4. The molecule has 0 spiro atoms. The minimum Gasteiger partial charge on any atom is -0.383 e. The molecule has 96 valence electrons. The van der Waals surface area contributed by atoms with Crippen LogP contribution in [0.1, 0.15) is 5.56 Å². The molecule has 2 aromatic heterocycles. The molecular weight excluding hydrogens is 271 g/mol. The fourth-order valence-electron chi connectivity index (χ4n) is 1.40. The summed E-state index contributed by atoms with van der Waals surface area (Å²) in [5.74, 6) is 0.100. The summed E-state index contributed by atoms with van der Waals surface area (Å²) in [7, 11) is 0. The van der Waals surface area contributed by atoms with E-state index in [1.54, 1.807) is 0 Å². The lowest BCUT2D eigenvalue weighted by Crippen LogP contribution is -2.06. The van der Waals surface area contributed by atoms with Gasteiger partial charge in [0.05, 0.1) is 21.8 Å². The van der Waals surface area contributed by atoms with E-state index in [-0.39, 0.29) is 27.9 Å². The Morgan fingerprint density at radius 1 is 1.28 bits per heavy atom. The van der Waals surface area contributed by atoms with Gasteiger partial charge in [0.2, 0.25) is 0 Å². The fourth-order valence-corrected chi connectivity index (χ4v) is 1.66. The highest BCUT2D eigenvalue weighted by Crippen LogP contribution is 2.37. The molecule has 2 rings (SSSR count). The summed E-state index contributed by atoms with van der Waals surface area (Å²) in [6, 6.07) is 0.760. The summed E-state index contributed by atoms with van der Waals surface area (Å²) in [6.45, 7) is 0. The van der Waals surface area contributed by atoms with Crippen LogP contribution in [0.25, 0.3) is 11.3 Å². The van der Waals surface area contributed by atoms with Crippen LogP contribution in [0.4, 0.5) is 24.8 Å². The molecule has 0 unspecified atom stereocenters. The first-order valence-electron chi connectivity index (χ1n) is 4.63. The van der Waals surface area contributed by atoms with Crippen LogP contribution in [0.3, 0.4) is 0 Å². The SMILES string of the molecule is Nc1n[nH]c(N)c1-c1ncc(C(F)(F)F)cc1Cl. The van der Waals surface area contributed by atoms with Crippen molar-refractivity contribution in [2.45, 2.75) is 6.18 Å². The molecule has 0 aliphatic rings. The molecule has 0 radical (unpaired) electrons. The highest BCUT2D eigenvalue weighted by Gasteiger charge is 2.32. The van der Waals surface area contributed by atoms with Crippen LogP contribution in [0.2, 0.25) is 5.02 Å². The third-order valence-corrected chi connectivity index (χ3v) is 2.52. The molecule has 0 fully saturated rings. The Morgan fingerprint density at radius 3 is 2.39 bits per heavy atom. The summed E-state index contributed by atoms with van der Waals surface area (Å²) < 4.78 is 37.3. The van der Waals surface area contributed by atoms with Gasteiger partial charge in [-0.15, -0.1) is 0 Å². The van der Waals surface area contributed by atoms with Crippen LogP contribution in [-0.4, -0.2) is 15.2 Å². The largest absolute Gasteiger partial charge is 0.417 e.